The fourth-order valence-corrected chi connectivity index (χ4v) is 5.35. The van der Waals surface area contributed by atoms with Crippen LogP contribution in [0.3, 0.4) is 0 Å². The molecule has 214 valence electrons. The summed E-state index contributed by atoms with van der Waals surface area (Å²) < 4.78 is 55.4. The molecule has 1 aliphatic carbocycles. The highest BCUT2D eigenvalue weighted by Crippen LogP contribution is 2.38. The van der Waals surface area contributed by atoms with Gasteiger partial charge in [-0.3, -0.25) is 0 Å². The molecule has 1 fully saturated rings. The van der Waals surface area contributed by atoms with E-state index in [0.717, 1.165) is 51.0 Å². The lowest BCUT2D eigenvalue weighted by Gasteiger charge is -2.27. The van der Waals surface area contributed by atoms with Crippen LogP contribution in [0.4, 0.5) is 13.2 Å². The fourth-order valence-electron chi connectivity index (χ4n) is 5.35. The molecule has 0 atom stereocenters. The van der Waals surface area contributed by atoms with E-state index in [1.165, 1.54) is 43.5 Å². The van der Waals surface area contributed by atoms with Crippen LogP contribution < -0.4 is 9.47 Å². The van der Waals surface area contributed by atoms with Crippen LogP contribution in [0.5, 0.6) is 11.5 Å². The third-order valence-electron chi connectivity index (χ3n) is 7.87. The lowest BCUT2D eigenvalue weighted by atomic mass is 9.79. The summed E-state index contributed by atoms with van der Waals surface area (Å²) in [7, 11) is 0. The molecule has 3 aromatic carbocycles. The Kier molecular flexibility index (Phi) is 10.7. The highest BCUT2D eigenvalue weighted by atomic mass is 19.2. The number of ether oxygens (including phenoxy) is 2. The third kappa shape index (κ3) is 7.67. The Morgan fingerprint density at radius 2 is 1.52 bits per heavy atom. The van der Waals surface area contributed by atoms with E-state index in [1.807, 2.05) is 0 Å². The summed E-state index contributed by atoms with van der Waals surface area (Å²) in [6, 6.07) is 13.4. The van der Waals surface area contributed by atoms with E-state index in [9.17, 15) is 13.6 Å². The lowest BCUT2D eigenvalue weighted by molar-refractivity contribution is 0.0734. The number of hydrogen-bond donors (Lipinski definition) is 0. The monoisotopic (exact) mass is 552 g/mol. The van der Waals surface area contributed by atoms with Crippen LogP contribution >= 0.6 is 0 Å². The van der Waals surface area contributed by atoms with Crippen molar-refractivity contribution in [3.8, 4) is 22.6 Å². The molecule has 1 aliphatic rings. The maximum Gasteiger partial charge on any atom is 0.343 e. The second-order valence-electron chi connectivity index (χ2n) is 11.0. The van der Waals surface area contributed by atoms with Crippen LogP contribution in [0.25, 0.3) is 11.1 Å². The second-order valence-corrected chi connectivity index (χ2v) is 11.0. The molecular formula is C34H39F3O3. The van der Waals surface area contributed by atoms with Gasteiger partial charge >= 0.3 is 5.97 Å². The molecule has 6 heteroatoms. The predicted molar refractivity (Wildman–Crippen MR) is 152 cm³/mol. The average Bonchev–Trinajstić information content (AvgIpc) is 2.96. The Balaban J connectivity index is 1.34. The highest BCUT2D eigenvalue weighted by molar-refractivity contribution is 5.91. The first-order chi connectivity index (χ1) is 19.4. The SMILES string of the molecule is CCCCCCCCOc1ccc(OC(=O)c2ccc(-c3ccc(C4CCC(C)CC4)c(F)c3F)cc2)cc1F. The van der Waals surface area contributed by atoms with E-state index in [0.29, 0.717) is 23.7 Å². The Hall–Kier alpha value is -3.28. The predicted octanol–water partition coefficient (Wildman–Crippen LogP) is 10.0. The van der Waals surface area contributed by atoms with Crippen LogP contribution in [0.1, 0.15) is 99.9 Å². The Bertz CT molecular complexity index is 1260. The number of carbonyl (C=O) groups is 1. The quantitative estimate of drug-likeness (QED) is 0.127. The van der Waals surface area contributed by atoms with Crippen LogP contribution in [0, 0.1) is 23.4 Å². The lowest BCUT2D eigenvalue weighted by Crippen LogP contribution is -2.13. The van der Waals surface area contributed by atoms with E-state index in [2.05, 4.69) is 13.8 Å². The Morgan fingerprint density at radius 3 is 2.23 bits per heavy atom. The first-order valence-electron chi connectivity index (χ1n) is 14.6. The number of esters is 1. The van der Waals surface area contributed by atoms with Gasteiger partial charge in [0.15, 0.2) is 23.2 Å². The minimum atomic E-state index is -0.874. The largest absolute Gasteiger partial charge is 0.491 e. The van der Waals surface area contributed by atoms with Crippen molar-refractivity contribution in [1.82, 2.24) is 0 Å². The molecule has 3 aromatic rings. The maximum absolute atomic E-state index is 15.0. The van der Waals surface area contributed by atoms with Crippen LogP contribution in [-0.4, -0.2) is 12.6 Å². The summed E-state index contributed by atoms with van der Waals surface area (Å²) in [6.45, 7) is 4.80. The molecule has 0 N–H and O–H groups in total. The number of unbranched alkanes of at least 4 members (excludes halogenated alkanes) is 5. The molecule has 0 aromatic heterocycles. The normalized spacial score (nSPS) is 17.0. The summed E-state index contributed by atoms with van der Waals surface area (Å²) in [5.74, 6) is -2.10. The first-order valence-corrected chi connectivity index (χ1v) is 14.6. The zero-order valence-electron chi connectivity index (χ0n) is 23.5. The number of benzene rings is 3. The molecule has 0 heterocycles. The van der Waals surface area contributed by atoms with Crippen molar-refractivity contribution in [2.45, 2.75) is 84.0 Å². The number of carbonyl (C=O) groups excluding carboxylic acids is 1. The van der Waals surface area contributed by atoms with Gasteiger partial charge in [0, 0.05) is 11.6 Å². The van der Waals surface area contributed by atoms with Gasteiger partial charge in [-0.05, 0) is 66.5 Å². The molecule has 4 rings (SSSR count). The van der Waals surface area contributed by atoms with Gasteiger partial charge < -0.3 is 9.47 Å². The molecule has 0 spiro atoms. The summed E-state index contributed by atoms with van der Waals surface area (Å²) >= 11 is 0. The summed E-state index contributed by atoms with van der Waals surface area (Å²) in [6.07, 6.45) is 10.5. The van der Waals surface area contributed by atoms with E-state index < -0.39 is 23.4 Å². The van der Waals surface area contributed by atoms with Gasteiger partial charge in [-0.1, -0.05) is 83.1 Å². The highest BCUT2D eigenvalue weighted by Gasteiger charge is 2.25. The van der Waals surface area contributed by atoms with E-state index in [4.69, 9.17) is 9.47 Å². The topological polar surface area (TPSA) is 35.5 Å². The molecule has 0 bridgehead atoms. The molecule has 0 saturated heterocycles. The molecular weight excluding hydrogens is 513 g/mol. The third-order valence-corrected chi connectivity index (χ3v) is 7.87. The first kappa shape index (κ1) is 29.7. The number of rotatable bonds is 12. The standard InChI is InChI=1S/C34H39F3O3/c1-3-4-5-6-7-8-21-39-31-20-17-27(22-30(31)35)40-34(38)26-15-13-25(14-16-26)29-19-18-28(32(36)33(29)37)24-11-9-23(2)10-12-24/h13-20,22-24H,3-12,21H2,1-2H3. The maximum atomic E-state index is 15.0. The van der Waals surface area contributed by atoms with Crippen molar-refractivity contribution in [3.05, 3.63) is 83.2 Å². The van der Waals surface area contributed by atoms with Crippen LogP contribution in [0.2, 0.25) is 0 Å². The zero-order valence-corrected chi connectivity index (χ0v) is 23.5. The minimum Gasteiger partial charge on any atom is -0.491 e. The van der Waals surface area contributed by atoms with Gasteiger partial charge in [-0.15, -0.1) is 0 Å². The summed E-state index contributed by atoms with van der Waals surface area (Å²) in [5.41, 5.74) is 1.25. The van der Waals surface area contributed by atoms with Crippen molar-refractivity contribution in [1.29, 1.82) is 0 Å². The van der Waals surface area contributed by atoms with E-state index in [-0.39, 0.29) is 28.5 Å². The van der Waals surface area contributed by atoms with E-state index in [1.54, 1.807) is 24.3 Å². The average molecular weight is 553 g/mol. The van der Waals surface area contributed by atoms with Crippen molar-refractivity contribution >= 4 is 5.97 Å². The van der Waals surface area contributed by atoms with Crippen molar-refractivity contribution in [3.63, 3.8) is 0 Å². The van der Waals surface area contributed by atoms with Crippen LogP contribution in [0.15, 0.2) is 54.6 Å². The van der Waals surface area contributed by atoms with Crippen molar-refractivity contribution in [2.24, 2.45) is 5.92 Å². The molecule has 1 saturated carbocycles. The molecule has 0 unspecified atom stereocenters. The van der Waals surface area contributed by atoms with Gasteiger partial charge in [0.25, 0.3) is 0 Å². The van der Waals surface area contributed by atoms with Gasteiger partial charge in [-0.25, -0.2) is 18.0 Å². The molecule has 0 aliphatic heterocycles. The Labute approximate surface area is 235 Å². The smallest absolute Gasteiger partial charge is 0.343 e. The number of halogens is 3. The second kappa shape index (κ2) is 14.4. The Morgan fingerprint density at radius 1 is 0.825 bits per heavy atom. The van der Waals surface area contributed by atoms with Crippen LogP contribution in [-0.2, 0) is 0 Å². The van der Waals surface area contributed by atoms with Crippen molar-refractivity contribution in [2.75, 3.05) is 6.61 Å². The summed E-state index contributed by atoms with van der Waals surface area (Å²) in [5, 5.41) is 0. The number of hydrogen-bond acceptors (Lipinski definition) is 3. The van der Waals surface area contributed by atoms with Gasteiger partial charge in [0.1, 0.15) is 5.75 Å². The van der Waals surface area contributed by atoms with Gasteiger partial charge in [0.2, 0.25) is 0 Å². The van der Waals surface area contributed by atoms with Gasteiger partial charge in [0.05, 0.1) is 12.2 Å². The fraction of sp³-hybridized carbons (Fsp3) is 0.441. The summed E-state index contributed by atoms with van der Waals surface area (Å²) in [4.78, 5) is 12.6. The minimum absolute atomic E-state index is 0.0441. The van der Waals surface area contributed by atoms with Crippen molar-refractivity contribution < 1.29 is 27.4 Å². The van der Waals surface area contributed by atoms with Gasteiger partial charge in [-0.2, -0.15) is 0 Å². The molecule has 40 heavy (non-hydrogen) atoms. The molecule has 0 amide bonds. The molecule has 0 radical (unpaired) electrons. The molecule has 3 nitrogen and oxygen atoms in total. The van der Waals surface area contributed by atoms with E-state index >= 15 is 4.39 Å². The zero-order chi connectivity index (χ0) is 28.5.